The second-order valence-corrected chi connectivity index (χ2v) is 6.83. The molecule has 2 aromatic rings. The summed E-state index contributed by atoms with van der Waals surface area (Å²) in [6, 6.07) is 11.3. The van der Waals surface area contributed by atoms with Crippen molar-refractivity contribution >= 4 is 23.4 Å². The normalized spacial score (nSPS) is 16.4. The molecule has 0 spiro atoms. The van der Waals surface area contributed by atoms with Gasteiger partial charge in [-0.3, -0.25) is 14.9 Å². The van der Waals surface area contributed by atoms with Crippen molar-refractivity contribution in [1.29, 1.82) is 0 Å². The molecule has 0 bridgehead atoms. The summed E-state index contributed by atoms with van der Waals surface area (Å²) in [7, 11) is 3.15. The number of nitro groups is 1. The van der Waals surface area contributed by atoms with Crippen LogP contribution in [0.5, 0.6) is 11.5 Å². The number of hydrogen-bond donors (Lipinski definition) is 0. The van der Waals surface area contributed by atoms with Crippen LogP contribution in [0.3, 0.4) is 0 Å². The minimum atomic E-state index is -0.501. The average Bonchev–Trinajstić information content (AvgIpc) is 3.16. The van der Waals surface area contributed by atoms with Crippen molar-refractivity contribution in [2.24, 2.45) is 0 Å². The number of thioether (sulfide) groups is 1. The zero-order valence-electron chi connectivity index (χ0n) is 14.4. The Morgan fingerprint density at radius 2 is 2.04 bits per heavy atom. The Kier molecular flexibility index (Phi) is 5.32. The van der Waals surface area contributed by atoms with Gasteiger partial charge in [-0.05, 0) is 18.2 Å². The van der Waals surface area contributed by atoms with Gasteiger partial charge in [-0.2, -0.15) is 0 Å². The van der Waals surface area contributed by atoms with Gasteiger partial charge in [-0.15, -0.1) is 11.8 Å². The van der Waals surface area contributed by atoms with Crippen molar-refractivity contribution in [3.8, 4) is 11.5 Å². The van der Waals surface area contributed by atoms with E-state index in [1.807, 2.05) is 12.1 Å². The van der Waals surface area contributed by atoms with Crippen molar-refractivity contribution in [1.82, 2.24) is 4.90 Å². The summed E-state index contributed by atoms with van der Waals surface area (Å²) in [4.78, 5) is 25.1. The van der Waals surface area contributed by atoms with Crippen LogP contribution >= 0.6 is 11.8 Å². The molecule has 136 valence electrons. The number of methoxy groups -OCH3 is 2. The lowest BCUT2D eigenvalue weighted by Gasteiger charge is -2.25. The fourth-order valence-corrected chi connectivity index (χ4v) is 4.16. The fraction of sp³-hybridized carbons (Fsp3) is 0.278. The standard InChI is InChI=1S/C18H18N2O5S/c1-24-14-6-7-15(16(11-14)25-2)18-19(8-9-26-18)17(21)12-4-3-5-13(10-12)20(22)23/h3-7,10-11,18H,8-9H2,1-2H3/t18-/m1/s1. The molecule has 8 heteroatoms. The highest BCUT2D eigenvalue weighted by molar-refractivity contribution is 7.99. The van der Waals surface area contributed by atoms with E-state index in [1.165, 1.54) is 18.2 Å². The number of rotatable bonds is 5. The van der Waals surface area contributed by atoms with Gasteiger partial charge in [0.05, 0.1) is 19.1 Å². The number of hydrogen-bond acceptors (Lipinski definition) is 6. The third-order valence-corrected chi connectivity index (χ3v) is 5.40. The van der Waals surface area contributed by atoms with E-state index in [2.05, 4.69) is 0 Å². The van der Waals surface area contributed by atoms with E-state index in [4.69, 9.17) is 9.47 Å². The van der Waals surface area contributed by atoms with Gasteiger partial charge in [-0.1, -0.05) is 6.07 Å². The molecule has 1 fully saturated rings. The molecule has 1 saturated heterocycles. The van der Waals surface area contributed by atoms with E-state index in [0.717, 1.165) is 11.3 Å². The van der Waals surface area contributed by atoms with Crippen LogP contribution in [0.15, 0.2) is 42.5 Å². The number of non-ortho nitro benzene ring substituents is 1. The molecule has 0 N–H and O–H groups in total. The number of carbonyl (C=O) groups excluding carboxylic acids is 1. The first kappa shape index (κ1) is 18.1. The van der Waals surface area contributed by atoms with Crippen molar-refractivity contribution in [2.75, 3.05) is 26.5 Å². The number of nitrogens with zero attached hydrogens (tertiary/aromatic N) is 2. The van der Waals surface area contributed by atoms with Crippen LogP contribution in [-0.4, -0.2) is 42.2 Å². The van der Waals surface area contributed by atoms with Crippen LogP contribution < -0.4 is 9.47 Å². The molecule has 0 aliphatic carbocycles. The molecule has 7 nitrogen and oxygen atoms in total. The Balaban J connectivity index is 1.92. The Morgan fingerprint density at radius 3 is 2.73 bits per heavy atom. The van der Waals surface area contributed by atoms with E-state index < -0.39 is 4.92 Å². The third kappa shape index (κ3) is 3.45. The molecule has 1 aliphatic heterocycles. The third-order valence-electron chi connectivity index (χ3n) is 4.16. The highest BCUT2D eigenvalue weighted by Crippen LogP contribution is 2.43. The SMILES string of the molecule is COc1ccc([C@H]2SCCN2C(=O)c2cccc([N+](=O)[O-])c2)c(OC)c1. The first-order chi connectivity index (χ1) is 12.5. The Bertz CT molecular complexity index is 842. The monoisotopic (exact) mass is 374 g/mol. The second kappa shape index (κ2) is 7.65. The minimum absolute atomic E-state index is 0.0960. The largest absolute Gasteiger partial charge is 0.497 e. The van der Waals surface area contributed by atoms with Crippen LogP contribution in [-0.2, 0) is 0 Å². The highest BCUT2D eigenvalue weighted by Gasteiger charge is 2.33. The molecular weight excluding hydrogens is 356 g/mol. The van der Waals surface area contributed by atoms with Crippen LogP contribution in [0.25, 0.3) is 0 Å². The first-order valence-corrected chi connectivity index (χ1v) is 8.99. The smallest absolute Gasteiger partial charge is 0.270 e. The zero-order chi connectivity index (χ0) is 18.7. The maximum atomic E-state index is 13.0. The van der Waals surface area contributed by atoms with E-state index in [9.17, 15) is 14.9 Å². The lowest BCUT2D eigenvalue weighted by Crippen LogP contribution is -2.30. The number of ether oxygens (including phenoxy) is 2. The van der Waals surface area contributed by atoms with Crippen LogP contribution in [0.2, 0.25) is 0 Å². The Labute approximate surface area is 155 Å². The molecule has 1 amide bonds. The molecule has 1 aliphatic rings. The van der Waals surface area contributed by atoms with Crippen molar-refractivity contribution in [3.05, 3.63) is 63.7 Å². The van der Waals surface area contributed by atoms with Gasteiger partial charge in [-0.25, -0.2) is 0 Å². The van der Waals surface area contributed by atoms with Gasteiger partial charge in [0.25, 0.3) is 11.6 Å². The predicted molar refractivity (Wildman–Crippen MR) is 98.9 cm³/mol. The molecule has 1 atom stereocenters. The molecule has 0 unspecified atom stereocenters. The highest BCUT2D eigenvalue weighted by atomic mass is 32.2. The van der Waals surface area contributed by atoms with Crippen LogP contribution in [0, 0.1) is 10.1 Å². The van der Waals surface area contributed by atoms with Gasteiger partial charge < -0.3 is 14.4 Å². The van der Waals surface area contributed by atoms with Crippen molar-refractivity contribution in [3.63, 3.8) is 0 Å². The zero-order valence-corrected chi connectivity index (χ0v) is 15.2. The molecule has 0 aromatic heterocycles. The van der Waals surface area contributed by atoms with Crippen molar-refractivity contribution in [2.45, 2.75) is 5.37 Å². The fourth-order valence-electron chi connectivity index (χ4n) is 2.88. The van der Waals surface area contributed by atoms with Crippen molar-refractivity contribution < 1.29 is 19.2 Å². The molecule has 0 saturated carbocycles. The lowest BCUT2D eigenvalue weighted by atomic mass is 10.1. The molecule has 26 heavy (non-hydrogen) atoms. The van der Waals surface area contributed by atoms with Gasteiger partial charge >= 0.3 is 0 Å². The molecule has 3 rings (SSSR count). The van der Waals surface area contributed by atoms with E-state index in [-0.39, 0.29) is 17.0 Å². The van der Waals surface area contributed by atoms with Crippen LogP contribution in [0.1, 0.15) is 21.3 Å². The number of benzene rings is 2. The van der Waals surface area contributed by atoms with Crippen LogP contribution in [0.4, 0.5) is 5.69 Å². The summed E-state index contributed by atoms with van der Waals surface area (Å²) in [5.74, 6) is 1.85. The maximum Gasteiger partial charge on any atom is 0.270 e. The summed E-state index contributed by atoms with van der Waals surface area (Å²) in [6.45, 7) is 0.562. The van der Waals surface area contributed by atoms with E-state index >= 15 is 0 Å². The number of carbonyl (C=O) groups is 1. The second-order valence-electron chi connectivity index (χ2n) is 5.64. The molecule has 1 heterocycles. The lowest BCUT2D eigenvalue weighted by molar-refractivity contribution is -0.384. The first-order valence-electron chi connectivity index (χ1n) is 7.94. The van der Waals surface area contributed by atoms with Gasteiger partial charge in [0, 0.05) is 41.6 Å². The average molecular weight is 374 g/mol. The van der Waals surface area contributed by atoms with Gasteiger partial charge in [0.2, 0.25) is 0 Å². The van der Waals surface area contributed by atoms with E-state index in [0.29, 0.717) is 23.6 Å². The Hall–Kier alpha value is -2.74. The summed E-state index contributed by atoms with van der Waals surface area (Å²) < 4.78 is 10.7. The van der Waals surface area contributed by atoms with Gasteiger partial charge in [0.1, 0.15) is 16.9 Å². The summed E-state index contributed by atoms with van der Waals surface area (Å²) in [5.41, 5.74) is 1.08. The molecular formula is C18H18N2O5S. The van der Waals surface area contributed by atoms with Gasteiger partial charge in [0.15, 0.2) is 0 Å². The summed E-state index contributed by atoms with van der Waals surface area (Å²) in [5, 5.41) is 10.8. The maximum absolute atomic E-state index is 13.0. The molecule has 2 aromatic carbocycles. The topological polar surface area (TPSA) is 81.9 Å². The van der Waals surface area contributed by atoms with E-state index in [1.54, 1.807) is 43.0 Å². The summed E-state index contributed by atoms with van der Waals surface area (Å²) in [6.07, 6.45) is 0. The summed E-state index contributed by atoms with van der Waals surface area (Å²) >= 11 is 1.63. The Morgan fingerprint density at radius 1 is 1.23 bits per heavy atom. The molecule has 0 radical (unpaired) electrons. The quantitative estimate of drug-likeness (QED) is 0.588. The number of amides is 1. The number of nitro benzene ring substituents is 1. The predicted octanol–water partition coefficient (Wildman–Crippen LogP) is 3.50. The minimum Gasteiger partial charge on any atom is -0.497 e.